The second-order valence-electron chi connectivity index (χ2n) is 4.94. The van der Waals surface area contributed by atoms with Crippen molar-refractivity contribution in [3.05, 3.63) is 35.4 Å². The molecule has 1 rings (SSSR count). The Morgan fingerprint density at radius 1 is 1.24 bits per heavy atom. The van der Waals surface area contributed by atoms with Gasteiger partial charge in [0.25, 0.3) is 0 Å². The van der Waals surface area contributed by atoms with Crippen molar-refractivity contribution in [1.29, 1.82) is 0 Å². The first-order valence-corrected chi connectivity index (χ1v) is 7.11. The summed E-state index contributed by atoms with van der Waals surface area (Å²) >= 11 is 0. The Kier molecular flexibility index (Phi) is 7.08. The quantitative estimate of drug-likeness (QED) is 0.725. The van der Waals surface area contributed by atoms with Crippen LogP contribution in [0.4, 0.5) is 13.6 Å². The molecule has 6 heteroatoms. The monoisotopic (exact) mass is 300 g/mol. The van der Waals surface area contributed by atoms with Crippen LogP contribution in [0, 0.1) is 17.6 Å². The zero-order valence-electron chi connectivity index (χ0n) is 12.3. The van der Waals surface area contributed by atoms with Crippen LogP contribution in [0.25, 0.3) is 0 Å². The molecule has 0 bridgehead atoms. The predicted molar refractivity (Wildman–Crippen MR) is 76.7 cm³/mol. The van der Waals surface area contributed by atoms with Crippen molar-refractivity contribution in [3.63, 3.8) is 0 Å². The van der Waals surface area contributed by atoms with Gasteiger partial charge in [-0.3, -0.25) is 0 Å². The average Bonchev–Trinajstić information content (AvgIpc) is 2.47. The molecule has 0 aliphatic heterocycles. The fourth-order valence-corrected chi connectivity index (χ4v) is 2.11. The summed E-state index contributed by atoms with van der Waals surface area (Å²) in [4.78, 5) is 11.6. The maximum atomic E-state index is 13.4. The van der Waals surface area contributed by atoms with E-state index < -0.39 is 23.8 Å². The number of aliphatic hydroxyl groups is 1. The Labute approximate surface area is 123 Å². The SMILES string of the molecule is CCC(CC)[C@H](O)CNC(=O)NCc1cc(F)ccc1F. The molecule has 0 saturated heterocycles. The molecule has 4 nitrogen and oxygen atoms in total. The highest BCUT2D eigenvalue weighted by Crippen LogP contribution is 2.12. The summed E-state index contributed by atoms with van der Waals surface area (Å²) in [7, 11) is 0. The van der Waals surface area contributed by atoms with Crippen molar-refractivity contribution in [2.75, 3.05) is 6.54 Å². The number of benzene rings is 1. The van der Waals surface area contributed by atoms with Crippen LogP contribution < -0.4 is 10.6 Å². The number of nitrogens with one attached hydrogen (secondary N) is 2. The van der Waals surface area contributed by atoms with Gasteiger partial charge in [0.15, 0.2) is 0 Å². The largest absolute Gasteiger partial charge is 0.391 e. The first-order chi connectivity index (χ1) is 9.97. The fourth-order valence-electron chi connectivity index (χ4n) is 2.11. The van der Waals surface area contributed by atoms with Crippen LogP contribution in [0.15, 0.2) is 18.2 Å². The van der Waals surface area contributed by atoms with Crippen molar-refractivity contribution in [2.24, 2.45) is 5.92 Å². The summed E-state index contributed by atoms with van der Waals surface area (Å²) in [6.45, 7) is 3.97. The molecular formula is C15H22F2N2O2. The summed E-state index contributed by atoms with van der Waals surface area (Å²) in [6.07, 6.45) is 1.04. The fraction of sp³-hybridized carbons (Fsp3) is 0.533. The van der Waals surface area contributed by atoms with Crippen LogP contribution in [0.2, 0.25) is 0 Å². The molecule has 0 saturated carbocycles. The number of hydrogen-bond acceptors (Lipinski definition) is 2. The van der Waals surface area contributed by atoms with Crippen LogP contribution in [0.1, 0.15) is 32.3 Å². The van der Waals surface area contributed by atoms with Gasteiger partial charge in [-0.15, -0.1) is 0 Å². The molecule has 0 radical (unpaired) electrons. The van der Waals surface area contributed by atoms with Gasteiger partial charge in [0.1, 0.15) is 11.6 Å². The Morgan fingerprint density at radius 3 is 2.52 bits per heavy atom. The highest BCUT2D eigenvalue weighted by Gasteiger charge is 2.16. The number of rotatable bonds is 7. The number of halogens is 2. The van der Waals surface area contributed by atoms with Crippen molar-refractivity contribution in [2.45, 2.75) is 39.3 Å². The first kappa shape index (κ1) is 17.4. The summed E-state index contributed by atoms with van der Waals surface area (Å²) in [5, 5.41) is 14.8. The van der Waals surface area contributed by atoms with E-state index in [4.69, 9.17) is 0 Å². The number of urea groups is 1. The van der Waals surface area contributed by atoms with E-state index in [1.54, 1.807) is 0 Å². The molecule has 0 aliphatic rings. The van der Waals surface area contributed by atoms with Gasteiger partial charge in [-0.2, -0.15) is 0 Å². The minimum Gasteiger partial charge on any atom is -0.391 e. The molecule has 0 spiro atoms. The van der Waals surface area contributed by atoms with E-state index in [1.165, 1.54) is 0 Å². The standard InChI is InChI=1S/C15H22F2N2O2/c1-3-10(4-2)14(20)9-19-15(21)18-8-11-7-12(16)5-6-13(11)17/h5-7,10,14,20H,3-4,8-9H2,1-2H3,(H2,18,19,21)/t14-/m1/s1. The summed E-state index contributed by atoms with van der Waals surface area (Å²) in [6, 6.07) is 2.55. The number of carbonyl (C=O) groups is 1. The van der Waals surface area contributed by atoms with Crippen LogP contribution >= 0.6 is 0 Å². The van der Waals surface area contributed by atoms with Gasteiger partial charge < -0.3 is 15.7 Å². The molecule has 1 aromatic rings. The second kappa shape index (κ2) is 8.56. The summed E-state index contributed by atoms with van der Waals surface area (Å²) in [5.74, 6) is -1.00. The van der Waals surface area contributed by atoms with Crippen molar-refractivity contribution >= 4 is 6.03 Å². The van der Waals surface area contributed by atoms with E-state index in [2.05, 4.69) is 10.6 Å². The third-order valence-corrected chi connectivity index (χ3v) is 3.51. The van der Waals surface area contributed by atoms with Crippen molar-refractivity contribution < 1.29 is 18.7 Å². The third-order valence-electron chi connectivity index (χ3n) is 3.51. The molecule has 3 N–H and O–H groups in total. The molecule has 0 aliphatic carbocycles. The van der Waals surface area contributed by atoms with Crippen LogP contribution in [0.3, 0.4) is 0 Å². The maximum absolute atomic E-state index is 13.4. The highest BCUT2D eigenvalue weighted by molar-refractivity contribution is 5.73. The molecule has 1 aromatic carbocycles. The normalized spacial score (nSPS) is 12.3. The van der Waals surface area contributed by atoms with E-state index in [-0.39, 0.29) is 24.6 Å². The van der Waals surface area contributed by atoms with E-state index in [9.17, 15) is 18.7 Å². The smallest absolute Gasteiger partial charge is 0.315 e. The number of carbonyl (C=O) groups excluding carboxylic acids is 1. The van der Waals surface area contributed by atoms with Gasteiger partial charge in [-0.25, -0.2) is 13.6 Å². The van der Waals surface area contributed by atoms with Crippen molar-refractivity contribution in [3.8, 4) is 0 Å². The number of hydrogen-bond donors (Lipinski definition) is 3. The van der Waals surface area contributed by atoms with E-state index in [0.29, 0.717) is 0 Å². The number of amides is 2. The van der Waals surface area contributed by atoms with Crippen LogP contribution in [-0.2, 0) is 6.54 Å². The summed E-state index contributed by atoms with van der Waals surface area (Å²) < 4.78 is 26.3. The lowest BCUT2D eigenvalue weighted by Gasteiger charge is -2.20. The van der Waals surface area contributed by atoms with Gasteiger partial charge in [0.2, 0.25) is 0 Å². The molecule has 0 unspecified atom stereocenters. The van der Waals surface area contributed by atoms with Crippen LogP contribution in [-0.4, -0.2) is 23.8 Å². The predicted octanol–water partition coefficient (Wildman–Crippen LogP) is 2.56. The van der Waals surface area contributed by atoms with Gasteiger partial charge in [-0.1, -0.05) is 26.7 Å². The van der Waals surface area contributed by atoms with Gasteiger partial charge in [0.05, 0.1) is 6.10 Å². The summed E-state index contributed by atoms with van der Waals surface area (Å²) in [5.41, 5.74) is 0.0747. The van der Waals surface area contributed by atoms with E-state index in [1.807, 2.05) is 13.8 Å². The highest BCUT2D eigenvalue weighted by atomic mass is 19.1. The third kappa shape index (κ3) is 5.67. The minimum atomic E-state index is -0.614. The zero-order chi connectivity index (χ0) is 15.8. The first-order valence-electron chi connectivity index (χ1n) is 7.11. The lowest BCUT2D eigenvalue weighted by molar-refractivity contribution is 0.103. The Morgan fingerprint density at radius 2 is 1.90 bits per heavy atom. The molecule has 0 heterocycles. The molecule has 0 fully saturated rings. The topological polar surface area (TPSA) is 61.4 Å². The molecule has 2 amide bonds. The second-order valence-corrected chi connectivity index (χ2v) is 4.94. The van der Waals surface area contributed by atoms with Gasteiger partial charge in [-0.05, 0) is 24.1 Å². The molecule has 0 aromatic heterocycles. The minimum absolute atomic E-state index is 0.0747. The van der Waals surface area contributed by atoms with E-state index >= 15 is 0 Å². The van der Waals surface area contributed by atoms with Crippen LogP contribution in [0.5, 0.6) is 0 Å². The van der Waals surface area contributed by atoms with Gasteiger partial charge >= 0.3 is 6.03 Å². The lowest BCUT2D eigenvalue weighted by Crippen LogP contribution is -2.41. The molecule has 118 valence electrons. The Bertz CT molecular complexity index is 465. The molecular weight excluding hydrogens is 278 g/mol. The lowest BCUT2D eigenvalue weighted by atomic mass is 9.97. The zero-order valence-corrected chi connectivity index (χ0v) is 12.3. The number of aliphatic hydroxyl groups excluding tert-OH is 1. The Hall–Kier alpha value is -1.69. The van der Waals surface area contributed by atoms with E-state index in [0.717, 1.165) is 31.0 Å². The maximum Gasteiger partial charge on any atom is 0.315 e. The molecule has 1 atom stereocenters. The Balaban J connectivity index is 2.39. The molecule has 21 heavy (non-hydrogen) atoms. The van der Waals surface area contributed by atoms with Gasteiger partial charge in [0, 0.05) is 18.7 Å². The van der Waals surface area contributed by atoms with Crippen molar-refractivity contribution in [1.82, 2.24) is 10.6 Å². The average molecular weight is 300 g/mol.